The highest BCUT2D eigenvalue weighted by atomic mass is 127. The van der Waals surface area contributed by atoms with E-state index in [1.807, 2.05) is 0 Å². The lowest BCUT2D eigenvalue weighted by molar-refractivity contribution is 0.0295. The Labute approximate surface area is 179 Å². The minimum absolute atomic E-state index is 0.0780. The van der Waals surface area contributed by atoms with Gasteiger partial charge in [0.05, 0.1) is 11.8 Å². The van der Waals surface area contributed by atoms with Crippen LogP contribution in [0.25, 0.3) is 0 Å². The molecule has 1 spiro atoms. The summed E-state index contributed by atoms with van der Waals surface area (Å²) in [6.07, 6.45) is 7.11. The van der Waals surface area contributed by atoms with Crippen molar-refractivity contribution in [2.24, 2.45) is 5.41 Å². The number of carbonyl (C=O) groups excluding carboxylic acids is 1. The van der Waals surface area contributed by atoms with Crippen molar-refractivity contribution in [2.75, 3.05) is 0 Å². The van der Waals surface area contributed by atoms with Crippen molar-refractivity contribution in [1.29, 1.82) is 0 Å². The Morgan fingerprint density at radius 1 is 1.30 bits per heavy atom. The van der Waals surface area contributed by atoms with Crippen molar-refractivity contribution in [2.45, 2.75) is 96.9 Å². The SMILES string of the molecule is CC(C)c1nc2c(c(I)c1C=O)[C@@H](O[Si](C)(C)C(C)(C)C)CC1(CCC1)C2. The van der Waals surface area contributed by atoms with Crippen LogP contribution in [0.3, 0.4) is 0 Å². The van der Waals surface area contributed by atoms with E-state index in [4.69, 9.17) is 9.41 Å². The van der Waals surface area contributed by atoms with E-state index < -0.39 is 8.32 Å². The molecule has 0 aliphatic heterocycles. The van der Waals surface area contributed by atoms with Gasteiger partial charge in [0.2, 0.25) is 0 Å². The quantitative estimate of drug-likeness (QED) is 0.260. The van der Waals surface area contributed by atoms with Crippen LogP contribution in [0.5, 0.6) is 0 Å². The van der Waals surface area contributed by atoms with Gasteiger partial charge in [-0.2, -0.15) is 0 Å². The molecule has 27 heavy (non-hydrogen) atoms. The van der Waals surface area contributed by atoms with Gasteiger partial charge in [-0.3, -0.25) is 9.78 Å². The first-order valence-electron chi connectivity index (χ1n) is 10.3. The van der Waals surface area contributed by atoms with Crippen molar-refractivity contribution in [3.05, 3.63) is 26.1 Å². The summed E-state index contributed by atoms with van der Waals surface area (Å²) in [5, 5.41) is 0.168. The summed E-state index contributed by atoms with van der Waals surface area (Å²) >= 11 is 2.38. The zero-order chi connectivity index (χ0) is 20.2. The second kappa shape index (κ2) is 7.20. The van der Waals surface area contributed by atoms with E-state index in [0.29, 0.717) is 5.41 Å². The number of rotatable bonds is 4. The Hall–Kier alpha value is -0.273. The van der Waals surface area contributed by atoms with Crippen LogP contribution in [0.4, 0.5) is 0 Å². The number of pyridine rings is 1. The molecule has 0 radical (unpaired) electrons. The fourth-order valence-electron chi connectivity index (χ4n) is 4.28. The predicted octanol–water partition coefficient (Wildman–Crippen LogP) is 6.80. The predicted molar refractivity (Wildman–Crippen MR) is 122 cm³/mol. The summed E-state index contributed by atoms with van der Waals surface area (Å²) < 4.78 is 8.04. The molecular formula is C22H34INO2Si. The number of hydrogen-bond donors (Lipinski definition) is 0. The van der Waals surface area contributed by atoms with Crippen LogP contribution in [0, 0.1) is 8.99 Å². The summed E-state index contributed by atoms with van der Waals surface area (Å²) in [6.45, 7) is 15.8. The van der Waals surface area contributed by atoms with Gasteiger partial charge in [-0.1, -0.05) is 41.0 Å². The summed E-state index contributed by atoms with van der Waals surface area (Å²) in [6, 6.07) is 0. The van der Waals surface area contributed by atoms with Gasteiger partial charge in [-0.05, 0) is 77.7 Å². The Morgan fingerprint density at radius 3 is 2.37 bits per heavy atom. The molecule has 2 aliphatic rings. The van der Waals surface area contributed by atoms with Crippen LogP contribution in [0.2, 0.25) is 18.1 Å². The molecule has 0 unspecified atom stereocenters. The van der Waals surface area contributed by atoms with E-state index in [1.165, 1.54) is 30.5 Å². The maximum absolute atomic E-state index is 11.9. The first-order valence-corrected chi connectivity index (χ1v) is 14.2. The molecule has 0 aromatic carbocycles. The van der Waals surface area contributed by atoms with Crippen LogP contribution >= 0.6 is 22.6 Å². The van der Waals surface area contributed by atoms with E-state index in [0.717, 1.165) is 34.0 Å². The average Bonchev–Trinajstić information content (AvgIpc) is 2.50. The molecule has 1 fully saturated rings. The monoisotopic (exact) mass is 499 g/mol. The van der Waals surface area contributed by atoms with Crippen molar-refractivity contribution in [3.8, 4) is 0 Å². The molecule has 1 atom stereocenters. The Balaban J connectivity index is 2.13. The van der Waals surface area contributed by atoms with Gasteiger partial charge in [0.25, 0.3) is 0 Å². The third-order valence-corrected chi connectivity index (χ3v) is 12.8. The normalized spacial score (nSPS) is 21.9. The fourth-order valence-corrected chi connectivity index (χ4v) is 6.61. The largest absolute Gasteiger partial charge is 0.410 e. The highest BCUT2D eigenvalue weighted by Crippen LogP contribution is 2.56. The third kappa shape index (κ3) is 3.80. The van der Waals surface area contributed by atoms with Gasteiger partial charge < -0.3 is 4.43 Å². The Bertz CT molecular complexity index is 748. The second-order valence-electron chi connectivity index (χ2n) is 10.5. The molecule has 150 valence electrons. The van der Waals surface area contributed by atoms with Crippen LogP contribution in [-0.4, -0.2) is 19.6 Å². The van der Waals surface area contributed by atoms with Crippen molar-refractivity contribution in [3.63, 3.8) is 0 Å². The van der Waals surface area contributed by atoms with E-state index in [-0.39, 0.29) is 17.1 Å². The lowest BCUT2D eigenvalue weighted by Gasteiger charge is -2.50. The van der Waals surface area contributed by atoms with Crippen LogP contribution in [0.1, 0.15) is 99.6 Å². The zero-order valence-corrected chi connectivity index (χ0v) is 21.1. The fraction of sp³-hybridized carbons (Fsp3) is 0.727. The van der Waals surface area contributed by atoms with Gasteiger partial charge in [0.1, 0.15) is 0 Å². The van der Waals surface area contributed by atoms with Crippen LogP contribution < -0.4 is 0 Å². The molecule has 3 rings (SSSR count). The summed E-state index contributed by atoms with van der Waals surface area (Å²) in [5.74, 6) is 0.253. The molecule has 1 aromatic rings. The summed E-state index contributed by atoms with van der Waals surface area (Å²) in [5.41, 5.74) is 4.51. The van der Waals surface area contributed by atoms with Gasteiger partial charge >= 0.3 is 0 Å². The van der Waals surface area contributed by atoms with Gasteiger partial charge in [0.15, 0.2) is 14.6 Å². The van der Waals surface area contributed by atoms with E-state index in [9.17, 15) is 4.79 Å². The highest BCUT2D eigenvalue weighted by molar-refractivity contribution is 14.1. The first kappa shape index (κ1) is 21.4. The second-order valence-corrected chi connectivity index (χ2v) is 16.3. The summed E-state index contributed by atoms with van der Waals surface area (Å²) in [7, 11) is -1.92. The number of aldehydes is 1. The highest BCUT2D eigenvalue weighted by Gasteiger charge is 2.48. The van der Waals surface area contributed by atoms with Gasteiger partial charge in [-0.25, -0.2) is 0 Å². The number of hydrogen-bond acceptors (Lipinski definition) is 3. The van der Waals surface area contributed by atoms with Crippen molar-refractivity contribution in [1.82, 2.24) is 4.98 Å². The lowest BCUT2D eigenvalue weighted by Crippen LogP contribution is -2.46. The van der Waals surface area contributed by atoms with Gasteiger partial charge in [-0.15, -0.1) is 0 Å². The summed E-state index contributed by atoms with van der Waals surface area (Å²) in [4.78, 5) is 17.0. The maximum Gasteiger partial charge on any atom is 0.192 e. The van der Waals surface area contributed by atoms with E-state index in [2.05, 4.69) is 70.3 Å². The zero-order valence-electron chi connectivity index (χ0n) is 17.9. The van der Waals surface area contributed by atoms with E-state index in [1.54, 1.807) is 0 Å². The molecule has 3 nitrogen and oxygen atoms in total. The molecular weight excluding hydrogens is 465 g/mol. The van der Waals surface area contributed by atoms with Crippen LogP contribution in [0.15, 0.2) is 0 Å². The number of fused-ring (bicyclic) bond motifs is 1. The Kier molecular flexibility index (Phi) is 5.72. The number of carbonyl (C=O) groups is 1. The number of halogens is 1. The molecule has 0 saturated heterocycles. The van der Waals surface area contributed by atoms with Gasteiger partial charge in [0, 0.05) is 20.4 Å². The number of aromatic nitrogens is 1. The topological polar surface area (TPSA) is 39.2 Å². The minimum Gasteiger partial charge on any atom is -0.410 e. The minimum atomic E-state index is -1.92. The smallest absolute Gasteiger partial charge is 0.192 e. The average molecular weight is 500 g/mol. The molecule has 0 amide bonds. The number of nitrogens with zero attached hydrogens (tertiary/aromatic N) is 1. The standard InChI is InChI=1S/C22H34INO2Si/c1-14(2)20-15(13-25)19(23)18-16(24-20)11-22(9-8-10-22)12-17(18)26-27(6,7)21(3,4)5/h13-14,17H,8-12H2,1-7H3/t17-/m0/s1. The lowest BCUT2D eigenvalue weighted by atomic mass is 9.60. The molecule has 5 heteroatoms. The van der Waals surface area contributed by atoms with E-state index >= 15 is 0 Å². The van der Waals surface area contributed by atoms with Crippen molar-refractivity contribution >= 4 is 37.2 Å². The van der Waals surface area contributed by atoms with Crippen molar-refractivity contribution < 1.29 is 9.22 Å². The molecule has 1 heterocycles. The molecule has 0 bridgehead atoms. The third-order valence-electron chi connectivity index (χ3n) is 7.12. The molecule has 0 N–H and O–H groups in total. The molecule has 1 aromatic heterocycles. The molecule has 2 aliphatic carbocycles. The maximum atomic E-state index is 11.9. The molecule has 1 saturated carbocycles. The first-order chi connectivity index (χ1) is 12.4. The van der Waals surface area contributed by atoms with Crippen LogP contribution in [-0.2, 0) is 10.8 Å². The Morgan fingerprint density at radius 2 is 1.93 bits per heavy atom.